The number of ether oxygens (including phenoxy) is 5. The zero-order valence-electron chi connectivity index (χ0n) is 29.8. The second kappa shape index (κ2) is 18.2. The number of benzene rings is 1. The van der Waals surface area contributed by atoms with Crippen molar-refractivity contribution < 1.29 is 84.7 Å². The second-order valence-corrected chi connectivity index (χ2v) is 14.0. The van der Waals surface area contributed by atoms with Crippen molar-refractivity contribution >= 4 is 17.3 Å². The molecule has 3 saturated heterocycles. The number of hydrogen-bond acceptors (Lipinski definition) is 19. The van der Waals surface area contributed by atoms with Gasteiger partial charge in [-0.25, -0.2) is 0 Å². The Balaban J connectivity index is 1.21. The van der Waals surface area contributed by atoms with Crippen molar-refractivity contribution in [2.75, 3.05) is 23.8 Å². The molecule has 14 N–H and O–H groups in total. The number of carbonyl (C=O) groups excluding carboxylic acids is 1. The molecule has 3 aliphatic heterocycles. The summed E-state index contributed by atoms with van der Waals surface area (Å²) in [6, 6.07) is 4.40. The Kier molecular flexibility index (Phi) is 14.4. The first-order valence-electron chi connectivity index (χ1n) is 17.8. The van der Waals surface area contributed by atoms with E-state index >= 15 is 0 Å². The standard InChI is InChI=1S/C34H53N3O17/c1-4-14-9-17(22(42)24(44)21(14)41)37-20-12(2)50-33(28(48)23(20)43)53-31-19(11-39)52-34(29(49)26(31)46)54-30-18(10-38)51-32(27(47)25(30)45)36-16-7-5-15(6-8-16)35-13(3)40/h5-9,12,17-34,36-39,41-49H,4,10-11H2,1-3H3,(H,35,40). The van der Waals surface area contributed by atoms with E-state index in [-0.39, 0.29) is 5.91 Å². The molecular weight excluding hydrogens is 722 g/mol. The van der Waals surface area contributed by atoms with Crippen LogP contribution in [0.5, 0.6) is 0 Å². The van der Waals surface area contributed by atoms with Gasteiger partial charge in [-0.3, -0.25) is 4.79 Å². The van der Waals surface area contributed by atoms with Crippen molar-refractivity contribution in [1.82, 2.24) is 5.32 Å². The molecule has 4 aliphatic rings. The molecule has 20 nitrogen and oxygen atoms in total. The molecule has 1 amide bonds. The van der Waals surface area contributed by atoms with Gasteiger partial charge in [0.1, 0.15) is 79.4 Å². The Labute approximate surface area is 310 Å². The largest absolute Gasteiger partial charge is 0.394 e. The first kappa shape index (κ1) is 42.7. The number of carbonyl (C=O) groups is 1. The molecule has 0 spiro atoms. The highest BCUT2D eigenvalue weighted by molar-refractivity contribution is 5.88. The lowest BCUT2D eigenvalue weighted by atomic mass is 9.85. The van der Waals surface area contributed by atoms with Gasteiger partial charge in [-0.05, 0) is 43.2 Å². The Hall–Kier alpha value is -2.45. The van der Waals surface area contributed by atoms with Crippen molar-refractivity contribution in [3.8, 4) is 0 Å². The number of nitrogens with one attached hydrogen (secondary N) is 3. The Morgan fingerprint density at radius 1 is 0.704 bits per heavy atom. The summed E-state index contributed by atoms with van der Waals surface area (Å²) in [5, 5.41) is 126. The van der Waals surface area contributed by atoms with Crippen LogP contribution in [0.25, 0.3) is 0 Å². The van der Waals surface area contributed by atoms with E-state index in [1.807, 2.05) is 0 Å². The summed E-state index contributed by atoms with van der Waals surface area (Å²) in [4.78, 5) is 11.3. The lowest BCUT2D eigenvalue weighted by Gasteiger charge is -2.49. The monoisotopic (exact) mass is 775 g/mol. The summed E-state index contributed by atoms with van der Waals surface area (Å²) in [7, 11) is 0. The van der Waals surface area contributed by atoms with Crippen LogP contribution in [0.4, 0.5) is 11.4 Å². The van der Waals surface area contributed by atoms with Gasteiger partial charge in [0, 0.05) is 18.3 Å². The molecule has 19 unspecified atom stereocenters. The van der Waals surface area contributed by atoms with E-state index in [9.17, 15) is 61.0 Å². The van der Waals surface area contributed by atoms with Crippen LogP contribution in [0, 0.1) is 0 Å². The van der Waals surface area contributed by atoms with Crippen molar-refractivity contribution in [1.29, 1.82) is 0 Å². The van der Waals surface area contributed by atoms with Crippen molar-refractivity contribution in [2.45, 2.75) is 144 Å². The fourth-order valence-corrected chi connectivity index (χ4v) is 7.15. The second-order valence-electron chi connectivity index (χ2n) is 14.0. The maximum atomic E-state index is 11.3. The number of anilines is 2. The molecule has 1 aliphatic carbocycles. The fourth-order valence-electron chi connectivity index (χ4n) is 7.15. The molecule has 1 aromatic rings. The SMILES string of the molecule is CCC1=CC(NC2C(C)OC(OC3C(CO)OC(OC4C(CO)OC(Nc5ccc(NC(C)=O)cc5)C(O)C4O)C(O)C3O)C(O)C2O)C(O)C(O)C1O. The average Bonchev–Trinajstić information content (AvgIpc) is 3.15. The number of rotatable bonds is 12. The molecule has 1 aromatic carbocycles. The zero-order valence-corrected chi connectivity index (χ0v) is 29.8. The predicted molar refractivity (Wildman–Crippen MR) is 183 cm³/mol. The van der Waals surface area contributed by atoms with Crippen LogP contribution in [0.3, 0.4) is 0 Å². The average molecular weight is 776 g/mol. The van der Waals surface area contributed by atoms with Crippen LogP contribution in [0.1, 0.15) is 27.2 Å². The fraction of sp³-hybridized carbons (Fsp3) is 0.735. The summed E-state index contributed by atoms with van der Waals surface area (Å²) in [6.07, 6.45) is -24.3. The van der Waals surface area contributed by atoms with Gasteiger partial charge in [-0.2, -0.15) is 0 Å². The van der Waals surface area contributed by atoms with Crippen LogP contribution < -0.4 is 16.0 Å². The van der Waals surface area contributed by atoms with Crippen LogP contribution in [0.2, 0.25) is 0 Å². The minimum atomic E-state index is -1.92. The maximum Gasteiger partial charge on any atom is 0.221 e. The minimum Gasteiger partial charge on any atom is -0.394 e. The van der Waals surface area contributed by atoms with Crippen LogP contribution >= 0.6 is 0 Å². The van der Waals surface area contributed by atoms with E-state index in [1.54, 1.807) is 31.2 Å². The quantitative estimate of drug-likeness (QED) is 0.0884. The molecule has 3 fully saturated rings. The molecule has 0 saturated carbocycles. The molecule has 54 heavy (non-hydrogen) atoms. The molecule has 20 heteroatoms. The van der Waals surface area contributed by atoms with Gasteiger partial charge in [0.05, 0.1) is 31.4 Å². The topological polar surface area (TPSA) is 322 Å². The van der Waals surface area contributed by atoms with E-state index in [0.29, 0.717) is 23.4 Å². The molecule has 3 heterocycles. The minimum absolute atomic E-state index is 0.268. The summed E-state index contributed by atoms with van der Waals surface area (Å²) >= 11 is 0. The third-order valence-corrected chi connectivity index (χ3v) is 10.2. The lowest BCUT2D eigenvalue weighted by Crippen LogP contribution is -2.68. The van der Waals surface area contributed by atoms with E-state index in [0.717, 1.165) is 0 Å². The van der Waals surface area contributed by atoms with Crippen LogP contribution in [-0.2, 0) is 28.5 Å². The lowest BCUT2D eigenvalue weighted by molar-refractivity contribution is -0.367. The molecule has 5 rings (SSSR count). The number of aliphatic hydroxyl groups excluding tert-OH is 11. The van der Waals surface area contributed by atoms with E-state index in [2.05, 4.69) is 16.0 Å². The Morgan fingerprint density at radius 2 is 1.24 bits per heavy atom. The number of amides is 1. The normalized spacial score (nSPS) is 44.3. The van der Waals surface area contributed by atoms with Gasteiger partial charge in [0.25, 0.3) is 0 Å². The third kappa shape index (κ3) is 9.06. The summed E-state index contributed by atoms with van der Waals surface area (Å²) in [5.74, 6) is -0.268. The zero-order chi connectivity index (χ0) is 39.6. The van der Waals surface area contributed by atoms with E-state index in [1.165, 1.54) is 19.9 Å². The molecule has 0 aromatic heterocycles. The molecule has 19 atom stereocenters. The van der Waals surface area contributed by atoms with Gasteiger partial charge in [-0.15, -0.1) is 0 Å². The molecule has 306 valence electrons. The van der Waals surface area contributed by atoms with Gasteiger partial charge >= 0.3 is 0 Å². The maximum absolute atomic E-state index is 11.3. The smallest absolute Gasteiger partial charge is 0.221 e. The summed E-state index contributed by atoms with van der Waals surface area (Å²) in [6.45, 7) is 3.10. The summed E-state index contributed by atoms with van der Waals surface area (Å²) < 4.78 is 28.8. The number of aliphatic hydroxyl groups is 11. The van der Waals surface area contributed by atoms with Crippen LogP contribution in [-0.4, -0.2) is 192 Å². The third-order valence-electron chi connectivity index (χ3n) is 10.2. The highest BCUT2D eigenvalue weighted by Gasteiger charge is 2.53. The molecule has 0 bridgehead atoms. The molecule has 0 radical (unpaired) electrons. The first-order valence-corrected chi connectivity index (χ1v) is 17.8. The summed E-state index contributed by atoms with van der Waals surface area (Å²) in [5.41, 5.74) is 1.42. The highest BCUT2D eigenvalue weighted by atomic mass is 16.7. The van der Waals surface area contributed by atoms with E-state index < -0.39 is 130 Å². The first-order chi connectivity index (χ1) is 25.6. The van der Waals surface area contributed by atoms with Gasteiger partial charge in [0.2, 0.25) is 5.91 Å². The van der Waals surface area contributed by atoms with Gasteiger partial charge in [0.15, 0.2) is 18.8 Å². The van der Waals surface area contributed by atoms with Crippen molar-refractivity contribution in [3.05, 3.63) is 35.9 Å². The van der Waals surface area contributed by atoms with Gasteiger partial charge in [-0.1, -0.05) is 13.0 Å². The highest BCUT2D eigenvalue weighted by Crippen LogP contribution is 2.33. The Bertz CT molecular complexity index is 1410. The van der Waals surface area contributed by atoms with Crippen molar-refractivity contribution in [3.63, 3.8) is 0 Å². The van der Waals surface area contributed by atoms with Crippen LogP contribution in [0.15, 0.2) is 35.9 Å². The van der Waals surface area contributed by atoms with E-state index in [4.69, 9.17) is 23.7 Å². The molecular formula is C34H53N3O17. The predicted octanol–water partition coefficient (Wildman–Crippen LogP) is -5.07. The number of hydrogen-bond donors (Lipinski definition) is 14. The Morgan fingerprint density at radius 3 is 1.81 bits per heavy atom. The van der Waals surface area contributed by atoms with Crippen molar-refractivity contribution in [2.24, 2.45) is 0 Å². The van der Waals surface area contributed by atoms with Gasteiger partial charge < -0.3 is 95.8 Å².